The molecule has 2 N–H and O–H groups in total. The van der Waals surface area contributed by atoms with Crippen LogP contribution in [0.1, 0.15) is 25.8 Å². The predicted molar refractivity (Wildman–Crippen MR) is 70.5 cm³/mol. The first-order valence-electron chi connectivity index (χ1n) is 6.39. The molecule has 0 radical (unpaired) electrons. The highest BCUT2D eigenvalue weighted by molar-refractivity contribution is 5.71. The van der Waals surface area contributed by atoms with Crippen molar-refractivity contribution in [2.75, 3.05) is 13.2 Å². The minimum atomic E-state index is -0.447. The average Bonchev–Trinajstić information content (AvgIpc) is 2.38. The Morgan fingerprint density at radius 1 is 1.42 bits per heavy atom. The van der Waals surface area contributed by atoms with Crippen LogP contribution >= 0.6 is 0 Å². The van der Waals surface area contributed by atoms with Gasteiger partial charge in [0, 0.05) is 6.04 Å². The van der Waals surface area contributed by atoms with Gasteiger partial charge in [-0.25, -0.2) is 9.18 Å². The van der Waals surface area contributed by atoms with Crippen LogP contribution < -0.4 is 10.5 Å². The first-order valence-corrected chi connectivity index (χ1v) is 6.39. The highest BCUT2D eigenvalue weighted by Gasteiger charge is 2.11. The maximum Gasteiger partial charge on any atom is 0.344 e. The Bertz CT molecular complexity index is 423. The Hall–Kier alpha value is -1.62. The third-order valence-corrected chi connectivity index (χ3v) is 2.68. The molecule has 0 aliphatic heterocycles. The van der Waals surface area contributed by atoms with E-state index in [1.165, 1.54) is 18.2 Å². The summed E-state index contributed by atoms with van der Waals surface area (Å²) in [6.07, 6.45) is 1.29. The van der Waals surface area contributed by atoms with E-state index in [1.807, 2.05) is 6.92 Å². The monoisotopic (exact) mass is 269 g/mol. The van der Waals surface area contributed by atoms with Gasteiger partial charge in [0.15, 0.2) is 6.61 Å². The van der Waals surface area contributed by atoms with Crippen molar-refractivity contribution < 1.29 is 18.7 Å². The third-order valence-electron chi connectivity index (χ3n) is 2.68. The third kappa shape index (κ3) is 5.26. The first-order chi connectivity index (χ1) is 9.06. The SMILES string of the molecule is CCOC(=O)COc1ccc(F)cc1CC(N)CC. The number of nitrogens with two attached hydrogens (primary N) is 1. The van der Waals surface area contributed by atoms with Crippen LogP contribution in [0.2, 0.25) is 0 Å². The molecule has 0 aromatic heterocycles. The fraction of sp³-hybridized carbons (Fsp3) is 0.500. The van der Waals surface area contributed by atoms with E-state index in [9.17, 15) is 9.18 Å². The molecule has 0 bridgehead atoms. The number of carbonyl (C=O) groups excluding carboxylic acids is 1. The van der Waals surface area contributed by atoms with E-state index < -0.39 is 5.97 Å². The molecule has 1 aromatic carbocycles. The molecule has 0 aliphatic carbocycles. The number of esters is 1. The zero-order valence-electron chi connectivity index (χ0n) is 11.3. The van der Waals surface area contributed by atoms with Gasteiger partial charge in [-0.05, 0) is 43.5 Å². The second-order valence-electron chi connectivity index (χ2n) is 4.22. The summed E-state index contributed by atoms with van der Waals surface area (Å²) in [6, 6.07) is 4.12. The summed E-state index contributed by atoms with van der Waals surface area (Å²) >= 11 is 0. The molecule has 5 heteroatoms. The van der Waals surface area contributed by atoms with Crippen LogP contribution in [0.3, 0.4) is 0 Å². The largest absolute Gasteiger partial charge is 0.482 e. The molecule has 0 aliphatic rings. The van der Waals surface area contributed by atoms with Crippen molar-refractivity contribution >= 4 is 5.97 Å². The number of hydrogen-bond acceptors (Lipinski definition) is 4. The van der Waals surface area contributed by atoms with Crippen LogP contribution in [-0.2, 0) is 16.0 Å². The number of ether oxygens (including phenoxy) is 2. The minimum Gasteiger partial charge on any atom is -0.482 e. The van der Waals surface area contributed by atoms with E-state index >= 15 is 0 Å². The molecule has 4 nitrogen and oxygen atoms in total. The van der Waals surface area contributed by atoms with Gasteiger partial charge >= 0.3 is 5.97 Å². The second kappa shape index (κ2) is 7.74. The maximum atomic E-state index is 13.2. The van der Waals surface area contributed by atoms with Gasteiger partial charge in [0.1, 0.15) is 11.6 Å². The molecule has 0 saturated carbocycles. The lowest BCUT2D eigenvalue weighted by molar-refractivity contribution is -0.145. The topological polar surface area (TPSA) is 61.5 Å². The normalized spacial score (nSPS) is 12.0. The van der Waals surface area contributed by atoms with Crippen molar-refractivity contribution in [3.05, 3.63) is 29.6 Å². The molecule has 1 aromatic rings. The van der Waals surface area contributed by atoms with E-state index in [4.69, 9.17) is 15.2 Å². The lowest BCUT2D eigenvalue weighted by Gasteiger charge is -2.14. The molecular weight excluding hydrogens is 249 g/mol. The van der Waals surface area contributed by atoms with Crippen molar-refractivity contribution in [3.8, 4) is 5.75 Å². The van der Waals surface area contributed by atoms with Crippen molar-refractivity contribution in [1.82, 2.24) is 0 Å². The lowest BCUT2D eigenvalue weighted by atomic mass is 10.0. The zero-order valence-corrected chi connectivity index (χ0v) is 11.3. The molecule has 19 heavy (non-hydrogen) atoms. The fourth-order valence-corrected chi connectivity index (χ4v) is 1.61. The Morgan fingerprint density at radius 2 is 2.16 bits per heavy atom. The van der Waals surface area contributed by atoms with Crippen LogP contribution in [-0.4, -0.2) is 25.2 Å². The van der Waals surface area contributed by atoms with E-state index in [0.29, 0.717) is 24.3 Å². The highest BCUT2D eigenvalue weighted by Crippen LogP contribution is 2.21. The molecule has 0 spiro atoms. The quantitative estimate of drug-likeness (QED) is 0.769. The average molecular weight is 269 g/mol. The zero-order chi connectivity index (χ0) is 14.3. The van der Waals surface area contributed by atoms with Gasteiger partial charge in [0.05, 0.1) is 6.61 Å². The summed E-state index contributed by atoms with van der Waals surface area (Å²) in [4.78, 5) is 11.2. The Morgan fingerprint density at radius 3 is 2.79 bits per heavy atom. The van der Waals surface area contributed by atoms with Crippen LogP contribution in [0, 0.1) is 5.82 Å². The number of benzene rings is 1. The van der Waals surface area contributed by atoms with Crippen LogP contribution in [0.25, 0.3) is 0 Å². The van der Waals surface area contributed by atoms with Crippen molar-refractivity contribution in [2.45, 2.75) is 32.7 Å². The van der Waals surface area contributed by atoms with Crippen LogP contribution in [0.15, 0.2) is 18.2 Å². The summed E-state index contributed by atoms with van der Waals surface area (Å²) in [6.45, 7) is 3.80. The smallest absolute Gasteiger partial charge is 0.344 e. The van der Waals surface area contributed by atoms with E-state index in [2.05, 4.69) is 0 Å². The first kappa shape index (κ1) is 15.4. The Kier molecular flexibility index (Phi) is 6.29. The number of halogens is 1. The van der Waals surface area contributed by atoms with Gasteiger partial charge in [-0.1, -0.05) is 6.92 Å². The van der Waals surface area contributed by atoms with Crippen LogP contribution in [0.4, 0.5) is 4.39 Å². The Labute approximate surface area is 112 Å². The molecule has 0 heterocycles. The fourth-order valence-electron chi connectivity index (χ4n) is 1.61. The van der Waals surface area contributed by atoms with Gasteiger partial charge in [-0.3, -0.25) is 0 Å². The minimum absolute atomic E-state index is 0.0632. The van der Waals surface area contributed by atoms with E-state index in [0.717, 1.165) is 6.42 Å². The maximum absolute atomic E-state index is 13.2. The van der Waals surface area contributed by atoms with Crippen molar-refractivity contribution in [2.24, 2.45) is 5.73 Å². The summed E-state index contributed by atoms with van der Waals surface area (Å²) in [5, 5.41) is 0. The van der Waals surface area contributed by atoms with Crippen molar-refractivity contribution in [1.29, 1.82) is 0 Å². The molecule has 0 fully saturated rings. The molecule has 1 atom stereocenters. The van der Waals surface area contributed by atoms with E-state index in [-0.39, 0.29) is 18.5 Å². The molecule has 0 saturated heterocycles. The molecule has 106 valence electrons. The standard InChI is InChI=1S/C14H20FNO3/c1-3-12(16)8-10-7-11(15)5-6-13(10)19-9-14(17)18-4-2/h5-7,12H,3-4,8-9,16H2,1-2H3. The van der Waals surface area contributed by atoms with Gasteiger partial charge in [0.25, 0.3) is 0 Å². The predicted octanol–water partition coefficient (Wildman–Crippen LogP) is 2.05. The van der Waals surface area contributed by atoms with Gasteiger partial charge < -0.3 is 15.2 Å². The molecular formula is C14H20FNO3. The molecule has 1 rings (SSSR count). The Balaban J connectivity index is 2.73. The summed E-state index contributed by atoms with van der Waals surface area (Å²) in [5.74, 6) is -0.322. The molecule has 1 unspecified atom stereocenters. The highest BCUT2D eigenvalue weighted by atomic mass is 19.1. The number of carbonyl (C=O) groups is 1. The number of hydrogen-bond donors (Lipinski definition) is 1. The lowest BCUT2D eigenvalue weighted by Crippen LogP contribution is -2.22. The second-order valence-corrected chi connectivity index (χ2v) is 4.22. The molecule has 0 amide bonds. The van der Waals surface area contributed by atoms with Gasteiger partial charge in [-0.15, -0.1) is 0 Å². The van der Waals surface area contributed by atoms with Crippen molar-refractivity contribution in [3.63, 3.8) is 0 Å². The number of rotatable bonds is 7. The van der Waals surface area contributed by atoms with Gasteiger partial charge in [0.2, 0.25) is 0 Å². The van der Waals surface area contributed by atoms with Gasteiger partial charge in [-0.2, -0.15) is 0 Å². The summed E-state index contributed by atoms with van der Waals surface area (Å²) in [7, 11) is 0. The van der Waals surface area contributed by atoms with E-state index in [1.54, 1.807) is 6.92 Å². The summed E-state index contributed by atoms with van der Waals surface area (Å²) < 4.78 is 23.4. The summed E-state index contributed by atoms with van der Waals surface area (Å²) in [5.41, 5.74) is 6.52. The van der Waals surface area contributed by atoms with Crippen LogP contribution in [0.5, 0.6) is 5.75 Å².